The van der Waals surface area contributed by atoms with Gasteiger partial charge in [-0.1, -0.05) is 37.5 Å². The van der Waals surface area contributed by atoms with Gasteiger partial charge in [0.1, 0.15) is 5.75 Å². The Balaban J connectivity index is 2.07. The van der Waals surface area contributed by atoms with E-state index in [0.717, 1.165) is 24.1 Å². The van der Waals surface area contributed by atoms with Crippen molar-refractivity contribution >= 4 is 0 Å². The molecule has 1 aliphatic carbocycles. The van der Waals surface area contributed by atoms with Crippen LogP contribution in [-0.4, -0.2) is 20.2 Å². The summed E-state index contributed by atoms with van der Waals surface area (Å²) in [6, 6.07) is 6.56. The first-order valence-corrected chi connectivity index (χ1v) is 8.08. The largest absolute Gasteiger partial charge is 0.496 e. The number of aryl methyl sites for hydroxylation is 1. The van der Waals surface area contributed by atoms with E-state index < -0.39 is 0 Å². The number of hydrogen-bond donors (Lipinski definition) is 1. The zero-order chi connectivity index (χ0) is 14.4. The highest BCUT2D eigenvalue weighted by atomic mass is 16.5. The molecule has 0 aromatic heterocycles. The number of rotatable bonds is 6. The Morgan fingerprint density at radius 2 is 1.95 bits per heavy atom. The highest BCUT2D eigenvalue weighted by molar-refractivity contribution is 5.37. The molecule has 112 valence electrons. The Labute approximate surface area is 123 Å². The second kappa shape index (κ2) is 7.68. The molecule has 1 aromatic carbocycles. The molecule has 2 rings (SSSR count). The lowest BCUT2D eigenvalue weighted by Gasteiger charge is -2.32. The van der Waals surface area contributed by atoms with Crippen LogP contribution >= 0.6 is 0 Å². The smallest absolute Gasteiger partial charge is 0.122 e. The highest BCUT2D eigenvalue weighted by Crippen LogP contribution is 2.34. The van der Waals surface area contributed by atoms with Crippen LogP contribution in [0.15, 0.2) is 18.2 Å². The van der Waals surface area contributed by atoms with E-state index in [1.165, 1.54) is 49.8 Å². The monoisotopic (exact) mass is 275 g/mol. The van der Waals surface area contributed by atoms with Crippen LogP contribution in [0.2, 0.25) is 0 Å². The normalized spacial score (nSPS) is 22.8. The molecule has 0 spiro atoms. The van der Waals surface area contributed by atoms with Crippen molar-refractivity contribution in [3.05, 3.63) is 29.3 Å². The average Bonchev–Trinajstić information content (AvgIpc) is 2.47. The molecule has 2 atom stereocenters. The molecule has 0 amide bonds. The summed E-state index contributed by atoms with van der Waals surface area (Å²) in [5.74, 6) is 2.69. The minimum atomic E-state index is 0.804. The van der Waals surface area contributed by atoms with E-state index in [1.54, 1.807) is 7.11 Å². The van der Waals surface area contributed by atoms with Gasteiger partial charge in [-0.15, -0.1) is 0 Å². The summed E-state index contributed by atoms with van der Waals surface area (Å²) >= 11 is 0. The molecule has 1 aromatic rings. The van der Waals surface area contributed by atoms with Gasteiger partial charge in [-0.25, -0.2) is 0 Å². The third-order valence-electron chi connectivity index (χ3n) is 4.64. The second-order valence-electron chi connectivity index (χ2n) is 6.13. The molecule has 0 aliphatic heterocycles. The van der Waals surface area contributed by atoms with Crippen LogP contribution in [0, 0.1) is 18.8 Å². The quantitative estimate of drug-likeness (QED) is 0.848. The Morgan fingerprint density at radius 3 is 2.65 bits per heavy atom. The van der Waals surface area contributed by atoms with Crippen molar-refractivity contribution in [1.29, 1.82) is 0 Å². The maximum atomic E-state index is 5.54. The number of ether oxygens (including phenoxy) is 1. The topological polar surface area (TPSA) is 21.3 Å². The van der Waals surface area contributed by atoms with Crippen molar-refractivity contribution in [1.82, 2.24) is 5.32 Å². The zero-order valence-corrected chi connectivity index (χ0v) is 13.2. The third kappa shape index (κ3) is 3.99. The first kappa shape index (κ1) is 15.4. The van der Waals surface area contributed by atoms with Crippen LogP contribution in [0.1, 0.15) is 43.7 Å². The van der Waals surface area contributed by atoms with Crippen molar-refractivity contribution in [2.45, 2.75) is 46.0 Å². The van der Waals surface area contributed by atoms with Crippen molar-refractivity contribution in [2.75, 3.05) is 20.2 Å². The number of methoxy groups -OCH3 is 1. The van der Waals surface area contributed by atoms with E-state index in [9.17, 15) is 0 Å². The van der Waals surface area contributed by atoms with Crippen LogP contribution in [0.5, 0.6) is 5.75 Å². The van der Waals surface area contributed by atoms with Crippen molar-refractivity contribution in [3.63, 3.8) is 0 Å². The van der Waals surface area contributed by atoms with Crippen molar-refractivity contribution < 1.29 is 4.74 Å². The van der Waals surface area contributed by atoms with Gasteiger partial charge in [-0.2, -0.15) is 0 Å². The Morgan fingerprint density at radius 1 is 1.20 bits per heavy atom. The summed E-state index contributed by atoms with van der Waals surface area (Å²) in [5.41, 5.74) is 2.72. The van der Waals surface area contributed by atoms with Crippen molar-refractivity contribution in [3.8, 4) is 5.75 Å². The van der Waals surface area contributed by atoms with Crippen LogP contribution in [-0.2, 0) is 6.42 Å². The summed E-state index contributed by atoms with van der Waals surface area (Å²) in [7, 11) is 1.78. The standard InChI is InChI=1S/C18H29NO/c1-4-19-13-16-8-6-5-7-15(16)12-17-11-14(2)9-10-18(17)20-3/h9-11,15-16,19H,4-8,12-13H2,1-3H3. The summed E-state index contributed by atoms with van der Waals surface area (Å²) in [5, 5.41) is 3.54. The lowest BCUT2D eigenvalue weighted by Crippen LogP contribution is -2.31. The van der Waals surface area contributed by atoms with Gasteiger partial charge in [-0.05, 0) is 62.7 Å². The fourth-order valence-electron chi connectivity index (χ4n) is 3.50. The first-order chi connectivity index (χ1) is 9.74. The molecular weight excluding hydrogens is 246 g/mol. The lowest BCUT2D eigenvalue weighted by atomic mass is 9.76. The molecular formula is C18H29NO. The molecule has 2 heteroatoms. The zero-order valence-electron chi connectivity index (χ0n) is 13.2. The van der Waals surface area contributed by atoms with E-state index in [1.807, 2.05) is 0 Å². The van der Waals surface area contributed by atoms with Gasteiger partial charge in [0.05, 0.1) is 7.11 Å². The van der Waals surface area contributed by atoms with Gasteiger partial charge in [0.2, 0.25) is 0 Å². The van der Waals surface area contributed by atoms with Gasteiger partial charge < -0.3 is 10.1 Å². The van der Waals surface area contributed by atoms with E-state index >= 15 is 0 Å². The molecule has 0 saturated heterocycles. The summed E-state index contributed by atoms with van der Waals surface area (Å²) in [6.45, 7) is 6.62. The van der Waals surface area contributed by atoms with Gasteiger partial charge in [0.25, 0.3) is 0 Å². The SMILES string of the molecule is CCNCC1CCCCC1Cc1cc(C)ccc1OC. The molecule has 1 N–H and O–H groups in total. The third-order valence-corrected chi connectivity index (χ3v) is 4.64. The maximum absolute atomic E-state index is 5.54. The molecule has 1 saturated carbocycles. The molecule has 2 unspecified atom stereocenters. The fraction of sp³-hybridized carbons (Fsp3) is 0.667. The second-order valence-corrected chi connectivity index (χ2v) is 6.13. The Bertz CT molecular complexity index is 416. The van der Waals surface area contributed by atoms with Crippen molar-refractivity contribution in [2.24, 2.45) is 11.8 Å². The molecule has 0 heterocycles. The average molecular weight is 275 g/mol. The summed E-state index contributed by atoms with van der Waals surface area (Å²) in [6.07, 6.45) is 6.71. The minimum Gasteiger partial charge on any atom is -0.496 e. The highest BCUT2D eigenvalue weighted by Gasteiger charge is 2.25. The van der Waals surface area contributed by atoms with Crippen LogP contribution in [0.3, 0.4) is 0 Å². The predicted octanol–water partition coefficient (Wildman–Crippen LogP) is 3.96. The molecule has 20 heavy (non-hydrogen) atoms. The fourth-order valence-corrected chi connectivity index (χ4v) is 3.50. The van der Waals surface area contributed by atoms with E-state index in [0.29, 0.717) is 0 Å². The first-order valence-electron chi connectivity index (χ1n) is 8.08. The molecule has 1 aliphatic rings. The van der Waals surface area contributed by atoms with Gasteiger partial charge >= 0.3 is 0 Å². The molecule has 0 bridgehead atoms. The van der Waals surface area contributed by atoms with Gasteiger partial charge in [-0.3, -0.25) is 0 Å². The lowest BCUT2D eigenvalue weighted by molar-refractivity contribution is 0.228. The van der Waals surface area contributed by atoms with E-state index in [-0.39, 0.29) is 0 Å². The maximum Gasteiger partial charge on any atom is 0.122 e. The Hall–Kier alpha value is -1.02. The van der Waals surface area contributed by atoms with E-state index in [4.69, 9.17) is 4.74 Å². The molecule has 0 radical (unpaired) electrons. The van der Waals surface area contributed by atoms with E-state index in [2.05, 4.69) is 37.4 Å². The van der Waals surface area contributed by atoms with Gasteiger partial charge in [0, 0.05) is 0 Å². The number of hydrogen-bond acceptors (Lipinski definition) is 2. The van der Waals surface area contributed by atoms with Gasteiger partial charge in [0.15, 0.2) is 0 Å². The van der Waals surface area contributed by atoms with Crippen LogP contribution in [0.4, 0.5) is 0 Å². The predicted molar refractivity (Wildman–Crippen MR) is 85.4 cm³/mol. The van der Waals surface area contributed by atoms with Crippen LogP contribution in [0.25, 0.3) is 0 Å². The molecule has 1 fully saturated rings. The molecule has 2 nitrogen and oxygen atoms in total. The summed E-state index contributed by atoms with van der Waals surface area (Å²) in [4.78, 5) is 0. The Kier molecular flexibility index (Phi) is 5.90. The number of nitrogens with one attached hydrogen (secondary N) is 1. The minimum absolute atomic E-state index is 0.804. The number of benzene rings is 1. The summed E-state index contributed by atoms with van der Waals surface area (Å²) < 4.78 is 5.54. The van der Waals surface area contributed by atoms with Crippen LogP contribution < -0.4 is 10.1 Å².